The second kappa shape index (κ2) is 6.22. The first kappa shape index (κ1) is 14.3. The topological polar surface area (TPSA) is 45.4 Å². The van der Waals surface area contributed by atoms with Crippen LogP contribution in [0.15, 0.2) is 16.5 Å². The molecule has 0 amide bonds. The van der Waals surface area contributed by atoms with Crippen LogP contribution in [0.5, 0.6) is 0 Å². The maximum absolute atomic E-state index is 10.1. The van der Waals surface area contributed by atoms with Gasteiger partial charge < -0.3 is 14.8 Å². The molecule has 0 fully saturated rings. The number of aryl methyl sites for hydroxylation is 1. The summed E-state index contributed by atoms with van der Waals surface area (Å²) in [5, 5.41) is 13.4. The largest absolute Gasteiger partial charge is 0.465 e. The Morgan fingerprint density at radius 1 is 1.35 bits per heavy atom. The molecule has 1 rings (SSSR count). The molecule has 1 heterocycles. The molecule has 3 heteroatoms. The van der Waals surface area contributed by atoms with Crippen LogP contribution in [0, 0.1) is 5.92 Å². The van der Waals surface area contributed by atoms with Crippen molar-refractivity contribution in [2.75, 3.05) is 6.54 Å². The van der Waals surface area contributed by atoms with Gasteiger partial charge in [-0.25, -0.2) is 0 Å². The van der Waals surface area contributed by atoms with Crippen molar-refractivity contribution in [2.24, 2.45) is 5.92 Å². The van der Waals surface area contributed by atoms with Gasteiger partial charge in [0.05, 0.1) is 12.1 Å². The van der Waals surface area contributed by atoms with Gasteiger partial charge in [-0.1, -0.05) is 20.8 Å². The molecule has 1 aromatic heterocycles. The second-order valence-electron chi connectivity index (χ2n) is 5.42. The van der Waals surface area contributed by atoms with Crippen molar-refractivity contribution in [2.45, 2.75) is 52.7 Å². The molecular weight excluding hydrogens is 214 g/mol. The van der Waals surface area contributed by atoms with E-state index < -0.39 is 5.60 Å². The lowest BCUT2D eigenvalue weighted by Gasteiger charge is -2.25. The predicted molar refractivity (Wildman–Crippen MR) is 69.9 cm³/mol. The van der Waals surface area contributed by atoms with E-state index in [1.807, 2.05) is 19.1 Å². The molecule has 0 radical (unpaired) electrons. The minimum absolute atomic E-state index is 0.502. The van der Waals surface area contributed by atoms with E-state index in [4.69, 9.17) is 4.42 Å². The van der Waals surface area contributed by atoms with Gasteiger partial charge in [0.15, 0.2) is 0 Å². The molecule has 98 valence electrons. The van der Waals surface area contributed by atoms with Crippen LogP contribution in [0.4, 0.5) is 0 Å². The summed E-state index contributed by atoms with van der Waals surface area (Å²) in [4.78, 5) is 0. The fourth-order valence-electron chi connectivity index (χ4n) is 2.11. The third-order valence-electron chi connectivity index (χ3n) is 2.72. The summed E-state index contributed by atoms with van der Waals surface area (Å²) >= 11 is 0. The van der Waals surface area contributed by atoms with E-state index >= 15 is 0 Å². The summed E-state index contributed by atoms with van der Waals surface area (Å²) in [6.45, 7) is 9.45. The number of hydrogen-bond donors (Lipinski definition) is 2. The Bertz CT molecular complexity index is 329. The lowest BCUT2D eigenvalue weighted by molar-refractivity contribution is 0.0379. The highest BCUT2D eigenvalue weighted by atomic mass is 16.3. The maximum Gasteiger partial charge on any atom is 0.117 e. The van der Waals surface area contributed by atoms with Crippen molar-refractivity contribution in [3.63, 3.8) is 0 Å². The normalized spacial score (nSPS) is 15.2. The van der Waals surface area contributed by atoms with Gasteiger partial charge in [0.1, 0.15) is 11.5 Å². The van der Waals surface area contributed by atoms with E-state index in [0.717, 1.165) is 24.4 Å². The van der Waals surface area contributed by atoms with Gasteiger partial charge in [-0.15, -0.1) is 0 Å². The molecule has 3 nitrogen and oxygen atoms in total. The zero-order valence-corrected chi connectivity index (χ0v) is 11.4. The first-order chi connectivity index (χ1) is 7.93. The van der Waals surface area contributed by atoms with Crippen molar-refractivity contribution < 1.29 is 9.52 Å². The van der Waals surface area contributed by atoms with Crippen LogP contribution < -0.4 is 5.32 Å². The monoisotopic (exact) mass is 239 g/mol. The standard InChI is InChI=1S/C14H25NO2/c1-5-12-6-7-13(17-12)9-15-10-14(4,16)8-11(2)3/h6-7,11,15-16H,5,8-10H2,1-4H3. The van der Waals surface area contributed by atoms with E-state index in [1.54, 1.807) is 0 Å². The van der Waals surface area contributed by atoms with Gasteiger partial charge in [-0.05, 0) is 31.4 Å². The van der Waals surface area contributed by atoms with Crippen LogP contribution in [-0.2, 0) is 13.0 Å². The highest BCUT2D eigenvalue weighted by Crippen LogP contribution is 2.15. The number of nitrogens with one attached hydrogen (secondary N) is 1. The molecule has 1 atom stereocenters. The zero-order valence-electron chi connectivity index (χ0n) is 11.4. The highest BCUT2D eigenvalue weighted by Gasteiger charge is 2.21. The Kier molecular flexibility index (Phi) is 5.22. The van der Waals surface area contributed by atoms with E-state index in [1.165, 1.54) is 0 Å². The molecule has 17 heavy (non-hydrogen) atoms. The van der Waals surface area contributed by atoms with Crippen LogP contribution in [0.3, 0.4) is 0 Å². The number of aliphatic hydroxyl groups is 1. The maximum atomic E-state index is 10.1. The quantitative estimate of drug-likeness (QED) is 0.769. The zero-order chi connectivity index (χ0) is 12.9. The first-order valence-electron chi connectivity index (χ1n) is 6.43. The van der Waals surface area contributed by atoms with Crippen LogP contribution in [0.25, 0.3) is 0 Å². The fraction of sp³-hybridized carbons (Fsp3) is 0.714. The Hall–Kier alpha value is -0.800. The first-order valence-corrected chi connectivity index (χ1v) is 6.43. The summed E-state index contributed by atoms with van der Waals surface area (Å²) < 4.78 is 5.58. The average Bonchev–Trinajstić information content (AvgIpc) is 2.63. The molecule has 1 unspecified atom stereocenters. The van der Waals surface area contributed by atoms with Gasteiger partial charge in [0, 0.05) is 13.0 Å². The van der Waals surface area contributed by atoms with Gasteiger partial charge >= 0.3 is 0 Å². The van der Waals surface area contributed by atoms with E-state index in [2.05, 4.69) is 26.1 Å². The molecule has 0 saturated carbocycles. The summed E-state index contributed by atoms with van der Waals surface area (Å²) in [5.74, 6) is 2.44. The average molecular weight is 239 g/mol. The van der Waals surface area contributed by atoms with Gasteiger partial charge in [0.2, 0.25) is 0 Å². The Morgan fingerprint density at radius 3 is 2.53 bits per heavy atom. The predicted octanol–water partition coefficient (Wildman–Crippen LogP) is 2.73. The molecule has 0 saturated heterocycles. The van der Waals surface area contributed by atoms with Gasteiger partial charge in [-0.2, -0.15) is 0 Å². The lowest BCUT2D eigenvalue weighted by atomic mass is 9.94. The molecule has 1 aromatic rings. The van der Waals surface area contributed by atoms with Crippen molar-refractivity contribution in [3.8, 4) is 0 Å². The highest BCUT2D eigenvalue weighted by molar-refractivity contribution is 5.06. The Balaban J connectivity index is 2.31. The molecule has 0 spiro atoms. The number of hydrogen-bond acceptors (Lipinski definition) is 3. The van der Waals surface area contributed by atoms with Crippen LogP contribution in [0.1, 0.15) is 45.6 Å². The van der Waals surface area contributed by atoms with Crippen molar-refractivity contribution >= 4 is 0 Å². The van der Waals surface area contributed by atoms with Crippen molar-refractivity contribution in [3.05, 3.63) is 23.7 Å². The summed E-state index contributed by atoms with van der Waals surface area (Å²) in [7, 11) is 0. The molecule has 2 N–H and O–H groups in total. The van der Waals surface area contributed by atoms with Crippen LogP contribution in [0.2, 0.25) is 0 Å². The summed E-state index contributed by atoms with van der Waals surface area (Å²) in [6.07, 6.45) is 1.73. The smallest absolute Gasteiger partial charge is 0.117 e. The third kappa shape index (κ3) is 5.37. The second-order valence-corrected chi connectivity index (χ2v) is 5.42. The van der Waals surface area contributed by atoms with Crippen molar-refractivity contribution in [1.82, 2.24) is 5.32 Å². The minimum Gasteiger partial charge on any atom is -0.465 e. The third-order valence-corrected chi connectivity index (χ3v) is 2.72. The van der Waals surface area contributed by atoms with E-state index in [9.17, 15) is 5.11 Å². The molecule has 0 aliphatic carbocycles. The SMILES string of the molecule is CCc1ccc(CNCC(C)(O)CC(C)C)o1. The summed E-state index contributed by atoms with van der Waals surface area (Å²) in [6, 6.07) is 3.99. The minimum atomic E-state index is -0.644. The number of rotatable bonds is 7. The molecule has 0 bridgehead atoms. The van der Waals surface area contributed by atoms with Crippen molar-refractivity contribution in [1.29, 1.82) is 0 Å². The molecule has 0 aliphatic rings. The van der Waals surface area contributed by atoms with Gasteiger partial charge in [0.25, 0.3) is 0 Å². The fourth-order valence-corrected chi connectivity index (χ4v) is 2.11. The molecule has 0 aliphatic heterocycles. The molecular formula is C14H25NO2. The Labute approximate surface area is 104 Å². The molecule has 0 aromatic carbocycles. The number of furan rings is 1. The van der Waals surface area contributed by atoms with Gasteiger partial charge in [-0.3, -0.25) is 0 Å². The van der Waals surface area contributed by atoms with Crippen LogP contribution >= 0.6 is 0 Å². The lowest BCUT2D eigenvalue weighted by Crippen LogP contribution is -2.38. The van der Waals surface area contributed by atoms with E-state index in [-0.39, 0.29) is 0 Å². The van der Waals surface area contributed by atoms with E-state index in [0.29, 0.717) is 19.0 Å². The Morgan fingerprint density at radius 2 is 2.00 bits per heavy atom. The summed E-state index contributed by atoms with van der Waals surface area (Å²) in [5.41, 5.74) is -0.644. The van der Waals surface area contributed by atoms with Crippen LogP contribution in [-0.4, -0.2) is 17.3 Å².